The lowest BCUT2D eigenvalue weighted by Gasteiger charge is -2.35. The van der Waals surface area contributed by atoms with Gasteiger partial charge in [-0.2, -0.15) is 18.3 Å². The summed E-state index contributed by atoms with van der Waals surface area (Å²) in [5.74, 6) is 0.121. The maximum absolute atomic E-state index is 13.3. The van der Waals surface area contributed by atoms with E-state index in [0.29, 0.717) is 46.1 Å². The number of ether oxygens (including phenoxy) is 2. The van der Waals surface area contributed by atoms with Crippen molar-refractivity contribution in [3.05, 3.63) is 23.5 Å². The predicted molar refractivity (Wildman–Crippen MR) is 91.8 cm³/mol. The Labute approximate surface area is 154 Å². The molecule has 0 spiro atoms. The van der Waals surface area contributed by atoms with E-state index in [1.54, 1.807) is 9.91 Å². The number of halogens is 3. The summed E-state index contributed by atoms with van der Waals surface area (Å²) in [5.41, 5.74) is 2.11. The topological polar surface area (TPSA) is 89.5 Å². The molecule has 0 aliphatic carbocycles. The number of nitrogens with one attached hydrogen (secondary N) is 3. The van der Waals surface area contributed by atoms with E-state index in [0.717, 1.165) is 6.20 Å². The van der Waals surface area contributed by atoms with Gasteiger partial charge >= 0.3 is 6.18 Å². The van der Waals surface area contributed by atoms with Crippen molar-refractivity contribution in [1.82, 2.24) is 25.5 Å². The summed E-state index contributed by atoms with van der Waals surface area (Å²) < 4.78 is 50.6. The van der Waals surface area contributed by atoms with Gasteiger partial charge in [-0.1, -0.05) is 0 Å². The number of hydrogen-bond acceptors (Lipinski definition) is 6. The number of rotatable bonds is 4. The smallest absolute Gasteiger partial charge is 0.379 e. The normalized spacial score (nSPS) is 22.7. The summed E-state index contributed by atoms with van der Waals surface area (Å²) in [7, 11) is 0. The largest absolute Gasteiger partial charge is 0.433 e. The van der Waals surface area contributed by atoms with Crippen LogP contribution in [0.15, 0.2) is 12.3 Å². The highest BCUT2D eigenvalue weighted by atomic mass is 19.4. The Kier molecular flexibility index (Phi) is 6.02. The molecule has 0 amide bonds. The zero-order chi connectivity index (χ0) is 19.4. The predicted octanol–water partition coefficient (Wildman–Crippen LogP) is 1.30. The molecule has 0 unspecified atom stereocenters. The van der Waals surface area contributed by atoms with E-state index in [9.17, 15) is 13.2 Å². The average Bonchev–Trinajstić information content (AvgIpc) is 3.12. The van der Waals surface area contributed by atoms with Crippen LogP contribution >= 0.6 is 0 Å². The maximum atomic E-state index is 13.3. The molecular formula is C16H23F3N6O2. The lowest BCUT2D eigenvalue weighted by Crippen LogP contribution is -2.47. The lowest BCUT2D eigenvalue weighted by atomic mass is 10.1. The molecule has 150 valence electrons. The number of morpholine rings is 2. The Balaban J connectivity index is 1.89. The molecule has 0 aromatic carbocycles. The van der Waals surface area contributed by atoms with Crippen LogP contribution in [-0.2, 0) is 15.7 Å². The molecule has 0 saturated carbocycles. The second kappa shape index (κ2) is 8.28. The number of alkyl halides is 3. The zero-order valence-corrected chi connectivity index (χ0v) is 15.0. The molecule has 2 saturated heterocycles. The molecule has 1 aromatic rings. The third kappa shape index (κ3) is 4.79. The van der Waals surface area contributed by atoms with Crippen molar-refractivity contribution in [2.24, 2.45) is 0 Å². The van der Waals surface area contributed by atoms with Crippen LogP contribution in [0.4, 0.5) is 13.2 Å². The fourth-order valence-electron chi connectivity index (χ4n) is 3.03. The van der Waals surface area contributed by atoms with Gasteiger partial charge in [-0.05, 0) is 6.92 Å². The molecule has 8 nitrogen and oxygen atoms in total. The quantitative estimate of drug-likeness (QED) is 0.532. The molecule has 2 aliphatic heterocycles. The number of amidine groups is 1. The molecule has 2 aliphatic rings. The van der Waals surface area contributed by atoms with Gasteiger partial charge in [0.15, 0.2) is 0 Å². The third-order valence-corrected chi connectivity index (χ3v) is 4.46. The van der Waals surface area contributed by atoms with Gasteiger partial charge in [0.05, 0.1) is 44.4 Å². The number of aromatic nitrogens is 2. The minimum atomic E-state index is -4.58. The van der Waals surface area contributed by atoms with Gasteiger partial charge in [-0.25, -0.2) is 5.01 Å². The lowest BCUT2D eigenvalue weighted by molar-refractivity contribution is -0.141. The number of H-pyrrole nitrogens is 1. The van der Waals surface area contributed by atoms with Gasteiger partial charge in [0.25, 0.3) is 0 Å². The van der Waals surface area contributed by atoms with Gasteiger partial charge in [0.1, 0.15) is 11.5 Å². The molecule has 3 N–H and O–H groups in total. The highest BCUT2D eigenvalue weighted by Gasteiger charge is 2.37. The zero-order valence-electron chi connectivity index (χ0n) is 15.0. The maximum Gasteiger partial charge on any atom is 0.433 e. The Morgan fingerprint density at radius 2 is 2.00 bits per heavy atom. The first-order valence-corrected chi connectivity index (χ1v) is 8.71. The van der Waals surface area contributed by atoms with Crippen molar-refractivity contribution < 1.29 is 22.6 Å². The minimum absolute atomic E-state index is 0.0291. The van der Waals surface area contributed by atoms with Crippen LogP contribution in [0.25, 0.3) is 5.70 Å². The van der Waals surface area contributed by atoms with Crippen molar-refractivity contribution in [3.8, 4) is 0 Å². The second-order valence-corrected chi connectivity index (χ2v) is 6.43. The number of hydrazine groups is 1. The first kappa shape index (κ1) is 19.6. The van der Waals surface area contributed by atoms with Crippen molar-refractivity contribution in [3.63, 3.8) is 0 Å². The SMILES string of the molecule is C[C@H]1COCCN1C(=N)/C=C(\NN1CCOCC1)c1cn[nH]c1C(F)(F)F. The number of aromatic amines is 1. The summed E-state index contributed by atoms with van der Waals surface area (Å²) >= 11 is 0. The number of hydrogen-bond donors (Lipinski definition) is 3. The van der Waals surface area contributed by atoms with E-state index in [-0.39, 0.29) is 23.1 Å². The minimum Gasteiger partial charge on any atom is -0.379 e. The molecule has 27 heavy (non-hydrogen) atoms. The molecule has 3 heterocycles. The first-order valence-electron chi connectivity index (χ1n) is 8.71. The molecule has 0 radical (unpaired) electrons. The van der Waals surface area contributed by atoms with Crippen LogP contribution in [0, 0.1) is 5.41 Å². The summed E-state index contributed by atoms with van der Waals surface area (Å²) in [6, 6.07) is -0.0291. The van der Waals surface area contributed by atoms with Crippen LogP contribution < -0.4 is 5.43 Å². The Hall–Kier alpha value is -2.11. The van der Waals surface area contributed by atoms with Crippen molar-refractivity contribution in [1.29, 1.82) is 5.41 Å². The van der Waals surface area contributed by atoms with Gasteiger partial charge in [-0.3, -0.25) is 10.5 Å². The van der Waals surface area contributed by atoms with E-state index in [2.05, 4.69) is 10.5 Å². The average molecular weight is 388 g/mol. The fraction of sp³-hybridized carbons (Fsp3) is 0.625. The van der Waals surface area contributed by atoms with E-state index in [1.165, 1.54) is 6.08 Å². The number of nitrogens with zero attached hydrogens (tertiary/aromatic N) is 3. The summed E-state index contributed by atoms with van der Waals surface area (Å²) in [6.07, 6.45) is -2.04. The first-order chi connectivity index (χ1) is 12.9. The summed E-state index contributed by atoms with van der Waals surface area (Å²) in [5, 5.41) is 15.8. The standard InChI is InChI=1S/C16H23F3N6O2/c1-11-10-27-7-4-25(11)14(20)8-13(23-24-2-5-26-6-3-24)12-9-21-22-15(12)16(17,18)19/h8-9,11,20,23H,2-7,10H2,1H3,(H,21,22)/b13-8-,20-14?/t11-/m0/s1. The fourth-order valence-corrected chi connectivity index (χ4v) is 3.03. The van der Waals surface area contributed by atoms with E-state index >= 15 is 0 Å². The van der Waals surface area contributed by atoms with E-state index in [4.69, 9.17) is 14.9 Å². The summed E-state index contributed by atoms with van der Waals surface area (Å²) in [4.78, 5) is 1.80. The van der Waals surface area contributed by atoms with Gasteiger partial charge in [-0.15, -0.1) is 0 Å². The molecule has 0 bridgehead atoms. The van der Waals surface area contributed by atoms with Crippen LogP contribution in [-0.4, -0.2) is 78.0 Å². The van der Waals surface area contributed by atoms with E-state index < -0.39 is 11.9 Å². The monoisotopic (exact) mass is 388 g/mol. The van der Waals surface area contributed by atoms with Gasteiger partial charge in [0, 0.05) is 31.3 Å². The highest BCUT2D eigenvalue weighted by molar-refractivity contribution is 5.97. The van der Waals surface area contributed by atoms with Crippen LogP contribution in [0.5, 0.6) is 0 Å². The van der Waals surface area contributed by atoms with Crippen LogP contribution in [0.3, 0.4) is 0 Å². The van der Waals surface area contributed by atoms with Crippen LogP contribution in [0.2, 0.25) is 0 Å². The van der Waals surface area contributed by atoms with Gasteiger partial charge in [0.2, 0.25) is 0 Å². The molecular weight excluding hydrogens is 365 g/mol. The molecule has 1 aromatic heterocycles. The van der Waals surface area contributed by atoms with Crippen LogP contribution in [0.1, 0.15) is 18.2 Å². The molecule has 2 fully saturated rings. The van der Waals surface area contributed by atoms with Gasteiger partial charge < -0.3 is 19.8 Å². The Bertz CT molecular complexity index is 684. The van der Waals surface area contributed by atoms with Crippen molar-refractivity contribution in [2.75, 3.05) is 46.1 Å². The third-order valence-electron chi connectivity index (χ3n) is 4.46. The molecule has 11 heteroatoms. The Morgan fingerprint density at radius 1 is 1.30 bits per heavy atom. The highest BCUT2D eigenvalue weighted by Crippen LogP contribution is 2.32. The van der Waals surface area contributed by atoms with Crippen molar-refractivity contribution >= 4 is 11.5 Å². The molecule has 1 atom stereocenters. The Morgan fingerprint density at radius 3 is 2.67 bits per heavy atom. The van der Waals surface area contributed by atoms with Crippen molar-refractivity contribution in [2.45, 2.75) is 19.1 Å². The van der Waals surface area contributed by atoms with E-state index in [1.807, 2.05) is 12.0 Å². The second-order valence-electron chi connectivity index (χ2n) is 6.43. The summed E-state index contributed by atoms with van der Waals surface area (Å²) in [6.45, 7) is 5.39. The molecule has 3 rings (SSSR count).